The minimum Gasteiger partial charge on any atom is -0.352 e. The van der Waals surface area contributed by atoms with Gasteiger partial charge in [-0.15, -0.1) is 0 Å². The fourth-order valence-corrected chi connectivity index (χ4v) is 3.38. The molecule has 1 fully saturated rings. The Kier molecular flexibility index (Phi) is 6.38. The highest BCUT2D eigenvalue weighted by Crippen LogP contribution is 2.29. The second-order valence-corrected chi connectivity index (χ2v) is 7.14. The molecule has 0 atom stereocenters. The molecule has 1 aliphatic rings. The number of hydrogen-bond donors (Lipinski definition) is 1. The van der Waals surface area contributed by atoms with Gasteiger partial charge in [-0.1, -0.05) is 0 Å². The van der Waals surface area contributed by atoms with Gasteiger partial charge >= 0.3 is 6.18 Å². The van der Waals surface area contributed by atoms with E-state index in [-0.39, 0.29) is 37.0 Å². The normalized spacial score (nSPS) is 15.2. The fourth-order valence-electron chi connectivity index (χ4n) is 3.38. The first-order valence-electron chi connectivity index (χ1n) is 9.32. The van der Waals surface area contributed by atoms with Gasteiger partial charge in [0.2, 0.25) is 5.91 Å². The van der Waals surface area contributed by atoms with Gasteiger partial charge in [0, 0.05) is 37.2 Å². The first kappa shape index (κ1) is 21.7. The summed E-state index contributed by atoms with van der Waals surface area (Å²) >= 11 is 0. The van der Waals surface area contributed by atoms with Crippen LogP contribution in [0.4, 0.5) is 22.0 Å². The Morgan fingerprint density at radius 3 is 2.07 bits per heavy atom. The maximum Gasteiger partial charge on any atom is 0.416 e. The third-order valence-corrected chi connectivity index (χ3v) is 5.00. The van der Waals surface area contributed by atoms with E-state index in [1.165, 1.54) is 4.90 Å². The molecule has 3 rings (SSSR count). The van der Waals surface area contributed by atoms with E-state index in [0.29, 0.717) is 18.4 Å². The molecule has 0 aliphatic carbocycles. The third kappa shape index (κ3) is 5.34. The van der Waals surface area contributed by atoms with Crippen LogP contribution in [0.25, 0.3) is 0 Å². The Morgan fingerprint density at radius 1 is 0.967 bits per heavy atom. The smallest absolute Gasteiger partial charge is 0.352 e. The van der Waals surface area contributed by atoms with Crippen molar-refractivity contribution in [2.24, 2.45) is 5.92 Å². The lowest BCUT2D eigenvalue weighted by Crippen LogP contribution is -2.42. The van der Waals surface area contributed by atoms with E-state index >= 15 is 0 Å². The molecule has 160 valence electrons. The Bertz CT molecular complexity index is 900. The van der Waals surface area contributed by atoms with Crippen molar-refractivity contribution >= 4 is 11.8 Å². The van der Waals surface area contributed by atoms with Crippen molar-refractivity contribution in [1.82, 2.24) is 10.2 Å². The summed E-state index contributed by atoms with van der Waals surface area (Å²) in [5.74, 6) is -2.48. The third-order valence-electron chi connectivity index (χ3n) is 5.00. The first-order chi connectivity index (χ1) is 14.1. The number of nitrogens with one attached hydrogen (secondary N) is 1. The van der Waals surface area contributed by atoms with Crippen molar-refractivity contribution < 1.29 is 31.5 Å². The SMILES string of the molecule is O=C(NCc1cc(F)cc(F)c1)C1CCN(C(=O)c2ccc(C(F)(F)F)cc2)CC1. The number of likely N-dealkylation sites (tertiary alicyclic amines) is 1. The van der Waals surface area contributed by atoms with Crippen LogP contribution in [0, 0.1) is 17.6 Å². The summed E-state index contributed by atoms with van der Waals surface area (Å²) in [5.41, 5.74) is -0.373. The Labute approximate surface area is 169 Å². The van der Waals surface area contributed by atoms with Crippen molar-refractivity contribution in [2.75, 3.05) is 13.1 Å². The van der Waals surface area contributed by atoms with E-state index < -0.39 is 29.3 Å². The zero-order valence-corrected chi connectivity index (χ0v) is 15.8. The van der Waals surface area contributed by atoms with E-state index in [1.807, 2.05) is 0 Å². The number of halogens is 5. The average molecular weight is 426 g/mol. The second kappa shape index (κ2) is 8.81. The highest BCUT2D eigenvalue weighted by atomic mass is 19.4. The van der Waals surface area contributed by atoms with Gasteiger partial charge < -0.3 is 10.2 Å². The van der Waals surface area contributed by atoms with Gasteiger partial charge in [0.1, 0.15) is 11.6 Å². The molecule has 0 aromatic heterocycles. The maximum absolute atomic E-state index is 13.2. The van der Waals surface area contributed by atoms with Crippen LogP contribution < -0.4 is 5.32 Å². The van der Waals surface area contributed by atoms with E-state index in [0.717, 1.165) is 42.5 Å². The molecule has 4 nitrogen and oxygen atoms in total. The lowest BCUT2D eigenvalue weighted by molar-refractivity contribution is -0.137. The summed E-state index contributed by atoms with van der Waals surface area (Å²) in [6.07, 6.45) is -3.70. The van der Waals surface area contributed by atoms with Crippen molar-refractivity contribution in [1.29, 1.82) is 0 Å². The average Bonchev–Trinajstić information content (AvgIpc) is 2.70. The minimum absolute atomic E-state index is 0.0157. The quantitative estimate of drug-likeness (QED) is 0.747. The van der Waals surface area contributed by atoms with Crippen molar-refractivity contribution in [3.05, 3.63) is 70.8 Å². The number of nitrogens with zero attached hydrogens (tertiary/aromatic N) is 1. The van der Waals surface area contributed by atoms with Crippen LogP contribution in [-0.2, 0) is 17.5 Å². The lowest BCUT2D eigenvalue weighted by Gasteiger charge is -2.31. The number of hydrogen-bond acceptors (Lipinski definition) is 2. The topological polar surface area (TPSA) is 49.4 Å². The van der Waals surface area contributed by atoms with Gasteiger partial charge in [-0.25, -0.2) is 8.78 Å². The molecule has 0 unspecified atom stereocenters. The van der Waals surface area contributed by atoms with Gasteiger partial charge in [-0.2, -0.15) is 13.2 Å². The van der Waals surface area contributed by atoms with Crippen LogP contribution in [0.2, 0.25) is 0 Å². The molecular formula is C21H19F5N2O2. The molecule has 30 heavy (non-hydrogen) atoms. The predicted molar refractivity (Wildman–Crippen MR) is 98.3 cm³/mol. The summed E-state index contributed by atoms with van der Waals surface area (Å²) < 4.78 is 64.3. The summed E-state index contributed by atoms with van der Waals surface area (Å²) in [4.78, 5) is 26.3. The summed E-state index contributed by atoms with van der Waals surface area (Å²) in [6, 6.07) is 7.02. The molecule has 2 amide bonds. The summed E-state index contributed by atoms with van der Waals surface area (Å²) in [7, 11) is 0. The lowest BCUT2D eigenvalue weighted by atomic mass is 9.95. The van der Waals surface area contributed by atoms with Crippen LogP contribution in [0.5, 0.6) is 0 Å². The zero-order chi connectivity index (χ0) is 21.9. The monoisotopic (exact) mass is 426 g/mol. The molecule has 1 saturated heterocycles. The van der Waals surface area contributed by atoms with Gasteiger partial charge in [0.15, 0.2) is 0 Å². The molecule has 1 N–H and O–H groups in total. The van der Waals surface area contributed by atoms with Crippen molar-refractivity contribution in [3.63, 3.8) is 0 Å². The Hall–Kier alpha value is -2.97. The largest absolute Gasteiger partial charge is 0.416 e. The van der Waals surface area contributed by atoms with Crippen LogP contribution in [-0.4, -0.2) is 29.8 Å². The van der Waals surface area contributed by atoms with Crippen molar-refractivity contribution in [3.8, 4) is 0 Å². The number of carbonyl (C=O) groups excluding carboxylic acids is 2. The van der Waals surface area contributed by atoms with Crippen LogP contribution in [0.1, 0.15) is 34.3 Å². The predicted octanol–water partition coefficient (Wildman–Crippen LogP) is 4.15. The summed E-state index contributed by atoms with van der Waals surface area (Å²) in [5, 5.41) is 2.64. The zero-order valence-electron chi connectivity index (χ0n) is 15.8. The molecule has 2 aromatic carbocycles. The maximum atomic E-state index is 13.2. The van der Waals surface area contributed by atoms with Crippen LogP contribution in [0.15, 0.2) is 42.5 Å². The number of piperidine rings is 1. The number of alkyl halides is 3. The highest BCUT2D eigenvalue weighted by molar-refractivity contribution is 5.94. The number of benzene rings is 2. The van der Waals surface area contributed by atoms with Crippen LogP contribution in [0.3, 0.4) is 0 Å². The molecule has 9 heteroatoms. The van der Waals surface area contributed by atoms with Crippen LogP contribution >= 0.6 is 0 Å². The molecular weight excluding hydrogens is 407 g/mol. The number of amides is 2. The van der Waals surface area contributed by atoms with E-state index in [9.17, 15) is 31.5 Å². The van der Waals surface area contributed by atoms with Gasteiger partial charge in [0.25, 0.3) is 5.91 Å². The minimum atomic E-state index is -4.47. The molecule has 1 heterocycles. The van der Waals surface area contributed by atoms with E-state index in [1.54, 1.807) is 0 Å². The molecule has 0 bridgehead atoms. The molecule has 2 aromatic rings. The van der Waals surface area contributed by atoms with Gasteiger partial charge in [-0.3, -0.25) is 9.59 Å². The Morgan fingerprint density at radius 2 is 1.53 bits per heavy atom. The van der Waals surface area contributed by atoms with E-state index in [4.69, 9.17) is 0 Å². The van der Waals surface area contributed by atoms with Gasteiger partial charge in [0.05, 0.1) is 5.56 Å². The molecule has 1 aliphatic heterocycles. The molecule has 0 saturated carbocycles. The fraction of sp³-hybridized carbons (Fsp3) is 0.333. The van der Waals surface area contributed by atoms with Crippen molar-refractivity contribution in [2.45, 2.75) is 25.6 Å². The van der Waals surface area contributed by atoms with E-state index in [2.05, 4.69) is 5.32 Å². The highest BCUT2D eigenvalue weighted by Gasteiger charge is 2.31. The summed E-state index contributed by atoms with van der Waals surface area (Å²) in [6.45, 7) is 0.553. The van der Waals surface area contributed by atoms with Gasteiger partial charge in [-0.05, 0) is 54.8 Å². The molecule has 0 spiro atoms. The standard InChI is InChI=1S/C21H19F5N2O2/c22-17-9-13(10-18(23)11-17)12-27-19(29)14-5-7-28(8-6-14)20(30)15-1-3-16(4-2-15)21(24,25)26/h1-4,9-11,14H,5-8,12H2,(H,27,29). The molecule has 0 radical (unpaired) electrons. The first-order valence-corrected chi connectivity index (χ1v) is 9.32. The Balaban J connectivity index is 1.51. The number of carbonyl (C=O) groups is 2. The number of rotatable bonds is 4. The second-order valence-electron chi connectivity index (χ2n) is 7.14.